The SMILES string of the molecule is C#CC(CC)NS(=O)(=O)c1cc(N)c(OC)cc1OC. The Kier molecular flexibility index (Phi) is 5.25. The molecule has 1 unspecified atom stereocenters. The number of terminal acetylenes is 1. The van der Waals surface area contributed by atoms with E-state index in [-0.39, 0.29) is 16.3 Å². The minimum atomic E-state index is -3.83. The van der Waals surface area contributed by atoms with Gasteiger partial charge in [0.1, 0.15) is 16.4 Å². The first-order valence-corrected chi connectivity index (χ1v) is 7.37. The molecule has 0 radical (unpaired) electrons. The molecule has 1 aromatic carbocycles. The molecule has 0 amide bonds. The van der Waals surface area contributed by atoms with Gasteiger partial charge in [0.2, 0.25) is 10.0 Å². The van der Waals surface area contributed by atoms with E-state index >= 15 is 0 Å². The van der Waals surface area contributed by atoms with Gasteiger partial charge in [0.05, 0.1) is 25.9 Å². The topological polar surface area (TPSA) is 90.7 Å². The molecule has 1 rings (SSSR count). The van der Waals surface area contributed by atoms with E-state index in [1.807, 2.05) is 0 Å². The Hall–Kier alpha value is -1.91. The third kappa shape index (κ3) is 3.35. The Balaban J connectivity index is 3.31. The zero-order chi connectivity index (χ0) is 15.3. The van der Waals surface area contributed by atoms with Gasteiger partial charge in [-0.05, 0) is 12.5 Å². The molecule has 0 heterocycles. The molecule has 1 atom stereocenters. The van der Waals surface area contributed by atoms with E-state index in [0.717, 1.165) is 0 Å². The van der Waals surface area contributed by atoms with Crippen LogP contribution in [0.2, 0.25) is 0 Å². The highest BCUT2D eigenvalue weighted by molar-refractivity contribution is 7.89. The van der Waals surface area contributed by atoms with Crippen LogP contribution in [0.25, 0.3) is 0 Å². The second-order valence-electron chi connectivity index (χ2n) is 3.99. The molecule has 20 heavy (non-hydrogen) atoms. The van der Waals surface area contributed by atoms with Gasteiger partial charge >= 0.3 is 0 Å². The molecule has 0 bridgehead atoms. The molecule has 0 saturated heterocycles. The number of anilines is 1. The molecular formula is C13H18N2O4S. The number of benzene rings is 1. The van der Waals surface area contributed by atoms with Crippen LogP contribution in [0.3, 0.4) is 0 Å². The highest BCUT2D eigenvalue weighted by Crippen LogP contribution is 2.33. The molecule has 0 aromatic heterocycles. The number of rotatable bonds is 6. The monoisotopic (exact) mass is 298 g/mol. The Morgan fingerprint density at radius 3 is 2.40 bits per heavy atom. The van der Waals surface area contributed by atoms with Crippen LogP contribution in [0.4, 0.5) is 5.69 Å². The normalized spacial score (nSPS) is 12.5. The smallest absolute Gasteiger partial charge is 0.245 e. The molecule has 1 aromatic rings. The van der Waals surface area contributed by atoms with Gasteiger partial charge in [-0.3, -0.25) is 0 Å². The van der Waals surface area contributed by atoms with Crippen LogP contribution in [0, 0.1) is 12.3 Å². The van der Waals surface area contributed by atoms with Crippen molar-refractivity contribution >= 4 is 15.7 Å². The number of nitrogens with two attached hydrogens (primary N) is 1. The first kappa shape index (κ1) is 16.1. The van der Waals surface area contributed by atoms with E-state index in [9.17, 15) is 8.42 Å². The fraction of sp³-hybridized carbons (Fsp3) is 0.385. The second-order valence-corrected chi connectivity index (χ2v) is 5.68. The average Bonchev–Trinajstić information content (AvgIpc) is 2.44. The summed E-state index contributed by atoms with van der Waals surface area (Å²) >= 11 is 0. The Morgan fingerprint density at radius 1 is 1.35 bits per heavy atom. The van der Waals surface area contributed by atoms with Crippen LogP contribution in [0.15, 0.2) is 17.0 Å². The van der Waals surface area contributed by atoms with E-state index in [4.69, 9.17) is 21.6 Å². The molecule has 0 spiro atoms. The third-order valence-electron chi connectivity index (χ3n) is 2.71. The summed E-state index contributed by atoms with van der Waals surface area (Å²) in [4.78, 5) is -0.0769. The number of nitrogens with one attached hydrogen (secondary N) is 1. The lowest BCUT2D eigenvalue weighted by atomic mass is 10.3. The quantitative estimate of drug-likeness (QED) is 0.603. The van der Waals surface area contributed by atoms with Crippen molar-refractivity contribution < 1.29 is 17.9 Å². The first-order chi connectivity index (χ1) is 9.39. The first-order valence-electron chi connectivity index (χ1n) is 5.89. The Bertz CT molecular complexity index is 620. The molecule has 7 heteroatoms. The molecule has 0 saturated carbocycles. The van der Waals surface area contributed by atoms with E-state index < -0.39 is 16.1 Å². The fourth-order valence-corrected chi connectivity index (χ4v) is 3.01. The van der Waals surface area contributed by atoms with E-state index in [1.54, 1.807) is 6.92 Å². The zero-order valence-electron chi connectivity index (χ0n) is 11.6. The van der Waals surface area contributed by atoms with Crippen LogP contribution in [-0.2, 0) is 10.0 Å². The maximum atomic E-state index is 12.3. The standard InChI is InChI=1S/C13H18N2O4S/c1-5-9(6-2)15-20(16,17)13-7-10(14)11(18-3)8-12(13)19-4/h1,7-9,15H,6,14H2,2-4H3. The van der Waals surface area contributed by atoms with Crippen LogP contribution in [-0.4, -0.2) is 28.7 Å². The Labute approximate surface area is 119 Å². The fourth-order valence-electron chi connectivity index (χ4n) is 1.59. The summed E-state index contributed by atoms with van der Waals surface area (Å²) in [5.41, 5.74) is 5.93. The molecule has 6 nitrogen and oxygen atoms in total. The van der Waals surface area contributed by atoms with Crippen molar-refractivity contribution in [1.82, 2.24) is 4.72 Å². The van der Waals surface area contributed by atoms with Crippen LogP contribution < -0.4 is 19.9 Å². The molecule has 0 aliphatic rings. The third-order valence-corrected chi connectivity index (χ3v) is 4.21. The maximum Gasteiger partial charge on any atom is 0.245 e. The second kappa shape index (κ2) is 6.50. The van der Waals surface area contributed by atoms with Crippen LogP contribution in [0.1, 0.15) is 13.3 Å². The number of hydrogen-bond acceptors (Lipinski definition) is 5. The van der Waals surface area contributed by atoms with Gasteiger partial charge in [0, 0.05) is 6.07 Å². The summed E-state index contributed by atoms with van der Waals surface area (Å²) in [5, 5.41) is 0. The summed E-state index contributed by atoms with van der Waals surface area (Å²) in [6.07, 6.45) is 5.74. The summed E-state index contributed by atoms with van der Waals surface area (Å²) in [6.45, 7) is 1.78. The van der Waals surface area contributed by atoms with Crippen molar-refractivity contribution in [3.05, 3.63) is 12.1 Å². The van der Waals surface area contributed by atoms with Crippen molar-refractivity contribution in [2.24, 2.45) is 0 Å². The molecule has 0 aliphatic heterocycles. The van der Waals surface area contributed by atoms with Gasteiger partial charge in [0.25, 0.3) is 0 Å². The largest absolute Gasteiger partial charge is 0.495 e. The van der Waals surface area contributed by atoms with Crippen molar-refractivity contribution in [3.63, 3.8) is 0 Å². The van der Waals surface area contributed by atoms with E-state index in [2.05, 4.69) is 10.6 Å². The number of hydrogen-bond donors (Lipinski definition) is 2. The van der Waals surface area contributed by atoms with Gasteiger partial charge in [-0.2, -0.15) is 4.72 Å². The van der Waals surface area contributed by atoms with Crippen molar-refractivity contribution in [1.29, 1.82) is 0 Å². The number of sulfonamides is 1. The average molecular weight is 298 g/mol. The predicted molar refractivity (Wildman–Crippen MR) is 77.2 cm³/mol. The number of ether oxygens (including phenoxy) is 2. The molecule has 0 fully saturated rings. The maximum absolute atomic E-state index is 12.3. The van der Waals surface area contributed by atoms with Crippen molar-refractivity contribution in [3.8, 4) is 23.8 Å². The minimum Gasteiger partial charge on any atom is -0.495 e. The highest BCUT2D eigenvalue weighted by atomic mass is 32.2. The Morgan fingerprint density at radius 2 is 1.95 bits per heavy atom. The summed E-state index contributed by atoms with van der Waals surface area (Å²) in [6, 6.07) is 2.11. The predicted octanol–water partition coefficient (Wildman–Crippen LogP) is 0.976. The molecule has 0 aliphatic carbocycles. The highest BCUT2D eigenvalue weighted by Gasteiger charge is 2.24. The summed E-state index contributed by atoms with van der Waals surface area (Å²) in [7, 11) is -1.03. The zero-order valence-corrected chi connectivity index (χ0v) is 12.5. The minimum absolute atomic E-state index is 0.0769. The van der Waals surface area contributed by atoms with Crippen molar-refractivity contribution in [2.75, 3.05) is 20.0 Å². The number of nitrogen functional groups attached to an aromatic ring is 1. The van der Waals surface area contributed by atoms with E-state index in [0.29, 0.717) is 12.2 Å². The van der Waals surface area contributed by atoms with E-state index in [1.165, 1.54) is 26.4 Å². The summed E-state index contributed by atoms with van der Waals surface area (Å²) < 4.78 is 37.1. The van der Waals surface area contributed by atoms with Crippen LogP contribution >= 0.6 is 0 Å². The lowest BCUT2D eigenvalue weighted by Gasteiger charge is -2.15. The molecular weight excluding hydrogens is 280 g/mol. The molecule has 110 valence electrons. The van der Waals surface area contributed by atoms with Gasteiger partial charge in [-0.1, -0.05) is 12.8 Å². The van der Waals surface area contributed by atoms with Gasteiger partial charge in [0.15, 0.2) is 0 Å². The lowest BCUT2D eigenvalue weighted by molar-refractivity contribution is 0.387. The summed E-state index contributed by atoms with van der Waals surface area (Å²) in [5.74, 6) is 2.84. The van der Waals surface area contributed by atoms with Crippen LogP contribution in [0.5, 0.6) is 11.5 Å². The molecule has 3 N–H and O–H groups in total. The lowest BCUT2D eigenvalue weighted by Crippen LogP contribution is -2.33. The van der Waals surface area contributed by atoms with Crippen molar-refractivity contribution in [2.45, 2.75) is 24.3 Å². The van der Waals surface area contributed by atoms with Gasteiger partial charge < -0.3 is 15.2 Å². The van der Waals surface area contributed by atoms with Gasteiger partial charge in [-0.25, -0.2) is 8.42 Å². The number of methoxy groups -OCH3 is 2. The van der Waals surface area contributed by atoms with Gasteiger partial charge in [-0.15, -0.1) is 6.42 Å².